The molecule has 0 unspecified atom stereocenters. The van der Waals surface area contributed by atoms with Crippen molar-refractivity contribution in [1.82, 2.24) is 15.0 Å². The molecule has 3 aromatic rings. The predicted octanol–water partition coefficient (Wildman–Crippen LogP) is 4.39. The largest absolute Gasteiger partial charge is 0.393 e. The van der Waals surface area contributed by atoms with Gasteiger partial charge < -0.3 is 15.3 Å². The van der Waals surface area contributed by atoms with Crippen molar-refractivity contribution in [3.63, 3.8) is 0 Å². The van der Waals surface area contributed by atoms with E-state index in [-0.39, 0.29) is 6.10 Å². The average Bonchev–Trinajstić information content (AvgIpc) is 3.19. The van der Waals surface area contributed by atoms with Crippen molar-refractivity contribution in [3.8, 4) is 10.6 Å². The van der Waals surface area contributed by atoms with Crippen LogP contribution in [-0.2, 0) is 0 Å². The smallest absolute Gasteiger partial charge is 0.185 e. The molecule has 2 N–H and O–H groups in total. The molecule has 3 aromatic heterocycles. The highest BCUT2D eigenvalue weighted by Crippen LogP contribution is 2.33. The molecule has 1 fully saturated rings. The predicted molar refractivity (Wildman–Crippen MR) is 114 cm³/mol. The number of hydrogen-bond donors (Lipinski definition) is 2. The highest BCUT2D eigenvalue weighted by atomic mass is 32.1. The number of aromatic nitrogens is 3. The van der Waals surface area contributed by atoms with Crippen molar-refractivity contribution in [2.24, 2.45) is 0 Å². The third-order valence-corrected chi connectivity index (χ3v) is 6.29. The first-order valence-electron chi connectivity index (χ1n) is 9.62. The minimum Gasteiger partial charge on any atom is -0.393 e. The maximum absolute atomic E-state index is 9.73. The van der Waals surface area contributed by atoms with E-state index in [1.165, 1.54) is 0 Å². The number of thiazole rings is 1. The lowest BCUT2D eigenvalue weighted by molar-refractivity contribution is 0.122. The minimum atomic E-state index is -0.140. The Balaban J connectivity index is 1.49. The van der Waals surface area contributed by atoms with Gasteiger partial charge in [0.15, 0.2) is 5.13 Å². The van der Waals surface area contributed by atoms with Crippen LogP contribution in [0, 0.1) is 6.92 Å². The van der Waals surface area contributed by atoms with Crippen LogP contribution in [0.4, 0.5) is 16.8 Å². The number of rotatable bonds is 5. The van der Waals surface area contributed by atoms with E-state index in [1.54, 1.807) is 17.5 Å². The molecule has 146 valence electrons. The van der Waals surface area contributed by atoms with E-state index in [1.807, 2.05) is 43.5 Å². The summed E-state index contributed by atoms with van der Waals surface area (Å²) in [6, 6.07) is 10.3. The second-order valence-electron chi connectivity index (χ2n) is 7.33. The van der Waals surface area contributed by atoms with Crippen LogP contribution >= 0.6 is 11.3 Å². The van der Waals surface area contributed by atoms with Gasteiger partial charge in [0, 0.05) is 25.5 Å². The van der Waals surface area contributed by atoms with Crippen molar-refractivity contribution in [2.75, 3.05) is 17.3 Å². The maximum Gasteiger partial charge on any atom is 0.185 e. The Kier molecular flexibility index (Phi) is 5.54. The molecule has 0 bridgehead atoms. The van der Waals surface area contributed by atoms with Gasteiger partial charge in [0.05, 0.1) is 16.7 Å². The Morgan fingerprint density at radius 1 is 1.11 bits per heavy atom. The van der Waals surface area contributed by atoms with Crippen LogP contribution in [0.1, 0.15) is 31.2 Å². The molecule has 0 spiro atoms. The van der Waals surface area contributed by atoms with Crippen LogP contribution in [0.2, 0.25) is 0 Å². The van der Waals surface area contributed by atoms with E-state index >= 15 is 0 Å². The number of aliphatic hydroxyl groups is 1. The number of hydrogen-bond acceptors (Lipinski definition) is 7. The zero-order valence-electron chi connectivity index (χ0n) is 16.2. The number of nitrogens with zero attached hydrogens (tertiary/aromatic N) is 4. The van der Waals surface area contributed by atoms with Gasteiger partial charge in [-0.05, 0) is 62.4 Å². The molecular formula is C21H25N5OS. The number of aryl methyl sites for hydroxylation is 1. The summed E-state index contributed by atoms with van der Waals surface area (Å²) in [5.41, 5.74) is 2.05. The van der Waals surface area contributed by atoms with Gasteiger partial charge in [-0.15, -0.1) is 0 Å². The molecule has 1 aliphatic carbocycles. The van der Waals surface area contributed by atoms with Crippen LogP contribution in [0.25, 0.3) is 10.6 Å². The van der Waals surface area contributed by atoms with Crippen LogP contribution in [0.15, 0.2) is 42.7 Å². The third kappa shape index (κ3) is 4.31. The topological polar surface area (TPSA) is 74.2 Å². The molecule has 1 aliphatic rings. The van der Waals surface area contributed by atoms with Gasteiger partial charge in [0.2, 0.25) is 0 Å². The number of anilines is 3. The fraction of sp³-hybridized carbons (Fsp3) is 0.381. The summed E-state index contributed by atoms with van der Waals surface area (Å²) in [4.78, 5) is 17.0. The van der Waals surface area contributed by atoms with Gasteiger partial charge >= 0.3 is 0 Å². The second-order valence-corrected chi connectivity index (χ2v) is 8.34. The fourth-order valence-corrected chi connectivity index (χ4v) is 4.44. The Labute approximate surface area is 169 Å². The fourth-order valence-electron chi connectivity index (χ4n) is 3.53. The average molecular weight is 396 g/mol. The van der Waals surface area contributed by atoms with Gasteiger partial charge in [0.25, 0.3) is 0 Å². The van der Waals surface area contributed by atoms with Gasteiger partial charge in [-0.25, -0.2) is 15.0 Å². The van der Waals surface area contributed by atoms with E-state index in [9.17, 15) is 5.11 Å². The molecular weight excluding hydrogens is 370 g/mol. The lowest BCUT2D eigenvalue weighted by Crippen LogP contribution is -2.36. The summed E-state index contributed by atoms with van der Waals surface area (Å²) in [7, 11) is 2.10. The summed E-state index contributed by atoms with van der Waals surface area (Å²) in [5, 5.41) is 14.0. The summed E-state index contributed by atoms with van der Waals surface area (Å²) in [6.45, 7) is 2.04. The lowest BCUT2D eigenvalue weighted by Gasteiger charge is -2.32. The van der Waals surface area contributed by atoms with E-state index < -0.39 is 0 Å². The van der Waals surface area contributed by atoms with Gasteiger partial charge in [-0.3, -0.25) is 0 Å². The molecule has 6 nitrogen and oxygen atoms in total. The van der Waals surface area contributed by atoms with Crippen LogP contribution in [0.3, 0.4) is 0 Å². The second kappa shape index (κ2) is 8.24. The van der Waals surface area contributed by atoms with Crippen LogP contribution < -0.4 is 10.2 Å². The molecule has 1 saturated carbocycles. The number of aliphatic hydroxyl groups excluding tert-OH is 1. The third-order valence-electron chi connectivity index (χ3n) is 5.18. The highest BCUT2D eigenvalue weighted by Gasteiger charge is 2.24. The number of nitrogens with one attached hydrogen (secondary N) is 1. The number of pyridine rings is 2. The molecule has 0 atom stereocenters. The monoisotopic (exact) mass is 395 g/mol. The molecule has 0 aliphatic heterocycles. The molecule has 4 rings (SSSR count). The van der Waals surface area contributed by atoms with Gasteiger partial charge in [-0.1, -0.05) is 17.4 Å². The minimum absolute atomic E-state index is 0.140. The van der Waals surface area contributed by atoms with Crippen molar-refractivity contribution < 1.29 is 5.11 Å². The van der Waals surface area contributed by atoms with Crippen molar-refractivity contribution in [2.45, 2.75) is 44.8 Å². The summed E-state index contributed by atoms with van der Waals surface area (Å²) < 4.78 is 0. The van der Waals surface area contributed by atoms with Gasteiger partial charge in [0.1, 0.15) is 11.6 Å². The van der Waals surface area contributed by atoms with Crippen molar-refractivity contribution in [1.29, 1.82) is 0 Å². The summed E-state index contributed by atoms with van der Waals surface area (Å²) >= 11 is 1.65. The zero-order valence-corrected chi connectivity index (χ0v) is 17.0. The van der Waals surface area contributed by atoms with Crippen molar-refractivity contribution in [3.05, 3.63) is 48.3 Å². The first kappa shape index (κ1) is 18.8. The SMILES string of the molecule is Cc1ccnc(Nc2cccc(-c3cnc(N(C)[C@H]4CC[C@H](O)CC4)s3)n2)c1. The summed E-state index contributed by atoms with van der Waals surface area (Å²) in [6.07, 6.45) is 7.30. The zero-order chi connectivity index (χ0) is 19.5. The first-order valence-corrected chi connectivity index (χ1v) is 10.4. The first-order chi connectivity index (χ1) is 13.6. The molecule has 3 heterocycles. The standard InChI is InChI=1S/C21H25N5OS/c1-14-10-11-22-20(12-14)25-19-5-3-4-17(24-19)18-13-23-21(28-18)26(2)15-6-8-16(27)9-7-15/h3-5,10-13,15-16,27H,6-9H2,1-2H3,(H,22,24,25)/t15-,16-. The highest BCUT2D eigenvalue weighted by molar-refractivity contribution is 7.18. The van der Waals surface area contributed by atoms with E-state index in [2.05, 4.69) is 27.2 Å². The molecule has 28 heavy (non-hydrogen) atoms. The maximum atomic E-state index is 9.73. The van der Waals surface area contributed by atoms with Crippen molar-refractivity contribution >= 4 is 28.1 Å². The molecule has 7 heteroatoms. The summed E-state index contributed by atoms with van der Waals surface area (Å²) in [5.74, 6) is 1.55. The van der Waals surface area contributed by atoms with E-state index in [0.29, 0.717) is 6.04 Å². The molecule has 0 radical (unpaired) electrons. The Bertz CT molecular complexity index is 936. The Morgan fingerprint density at radius 2 is 1.93 bits per heavy atom. The Morgan fingerprint density at radius 3 is 2.71 bits per heavy atom. The van der Waals surface area contributed by atoms with E-state index in [4.69, 9.17) is 4.98 Å². The molecule has 0 saturated heterocycles. The molecule has 0 amide bonds. The lowest BCUT2D eigenvalue weighted by atomic mass is 9.92. The Hall–Kier alpha value is -2.51. The van der Waals surface area contributed by atoms with E-state index in [0.717, 1.165) is 58.6 Å². The van der Waals surface area contributed by atoms with Gasteiger partial charge in [-0.2, -0.15) is 0 Å². The van der Waals surface area contributed by atoms with Crippen LogP contribution in [0.5, 0.6) is 0 Å². The van der Waals surface area contributed by atoms with Crippen LogP contribution in [-0.4, -0.2) is 39.3 Å². The normalized spacial score (nSPS) is 19.4. The quantitative estimate of drug-likeness (QED) is 0.667. The molecule has 0 aromatic carbocycles.